The summed E-state index contributed by atoms with van der Waals surface area (Å²) in [5.41, 5.74) is 9.53. The Bertz CT molecular complexity index is 6830. The van der Waals surface area contributed by atoms with Gasteiger partial charge in [0.2, 0.25) is 0 Å². The van der Waals surface area contributed by atoms with Gasteiger partial charge in [0.05, 0.1) is 64.6 Å². The van der Waals surface area contributed by atoms with E-state index in [0.717, 1.165) is 66.1 Å². The monoisotopic (exact) mass is 1750 g/mol. The highest BCUT2D eigenvalue weighted by molar-refractivity contribution is 6.52. The van der Waals surface area contributed by atoms with Gasteiger partial charge in [-0.15, -0.1) is 0 Å². The summed E-state index contributed by atoms with van der Waals surface area (Å²) in [6.07, 6.45) is 0. The van der Waals surface area contributed by atoms with E-state index in [1.807, 2.05) is 88.4 Å². The molecular formula is C84H51Cl7N16O14. The molecule has 8 aromatic carbocycles. The molecule has 0 N–H and O–H groups in total. The normalized spacial score (nSPS) is 15.0. The molecule has 0 saturated carbocycles. The summed E-state index contributed by atoms with van der Waals surface area (Å²) in [7, 11) is 0. The highest BCUT2D eigenvalue weighted by Crippen LogP contribution is 2.53. The molecule has 0 saturated heterocycles. The number of benzene rings is 8. The minimum Gasteiger partial charge on any atom is -0.486 e. The minimum atomic E-state index is -0.0615. The first-order chi connectivity index (χ1) is 58.7. The molecule has 0 amide bonds. The number of fused-ring (bicyclic) bond motifs is 21. The molecule has 0 atom stereocenters. The summed E-state index contributed by atoms with van der Waals surface area (Å²) in [5.74, 6) is 10.8. The summed E-state index contributed by atoms with van der Waals surface area (Å²) >= 11 is 40.6. The number of aryl methyl sites for hydroxylation is 2. The number of halogens is 7. The molecule has 11 aliphatic rings. The van der Waals surface area contributed by atoms with E-state index in [1.54, 1.807) is 25.1 Å². The van der Waals surface area contributed by atoms with Gasteiger partial charge < -0.3 is 66.3 Å². The molecule has 37 heteroatoms. The number of nitrogens with zero attached hydrogens (tertiary/aromatic N) is 16. The third-order valence-electron chi connectivity index (χ3n) is 20.6. The molecule has 0 unspecified atom stereocenters. The number of aromatic nitrogens is 2. The van der Waals surface area contributed by atoms with Gasteiger partial charge in [-0.25, -0.2) is 30.0 Å². The van der Waals surface area contributed by atoms with Gasteiger partial charge in [-0.2, -0.15) is 42.1 Å². The minimum absolute atomic E-state index is 0.0124. The molecule has 121 heavy (non-hydrogen) atoms. The van der Waals surface area contributed by atoms with Crippen LogP contribution in [0.25, 0.3) is 21.5 Å². The van der Waals surface area contributed by atoms with Gasteiger partial charge in [-0.3, -0.25) is 9.13 Å². The van der Waals surface area contributed by atoms with Gasteiger partial charge in [0.25, 0.3) is 0 Å². The molecule has 6 bridgehead atoms. The van der Waals surface area contributed by atoms with Gasteiger partial charge in [0.15, 0.2) is 104 Å². The molecule has 13 heterocycles. The van der Waals surface area contributed by atoms with E-state index in [1.165, 1.54) is 6.07 Å². The van der Waals surface area contributed by atoms with Crippen LogP contribution in [0.1, 0.15) is 94.6 Å². The Balaban J connectivity index is 0.000000139. The number of hydrogen-bond donors (Lipinski definition) is 0. The lowest BCUT2D eigenvalue weighted by molar-refractivity contribution is 0.170. The Morgan fingerprint density at radius 2 is 0.603 bits per heavy atom. The van der Waals surface area contributed by atoms with Crippen LogP contribution in [0.3, 0.4) is 0 Å². The first-order valence-electron chi connectivity index (χ1n) is 36.7. The predicted molar refractivity (Wildman–Crippen MR) is 439 cm³/mol. The smallest absolute Gasteiger partial charge is 0.182 e. The molecule has 600 valence electrons. The van der Waals surface area contributed by atoms with Crippen LogP contribution in [-0.2, 0) is 6.67 Å². The second-order valence-electron chi connectivity index (χ2n) is 27.3. The van der Waals surface area contributed by atoms with E-state index in [-0.39, 0.29) is 86.7 Å². The van der Waals surface area contributed by atoms with E-state index in [9.17, 15) is 0 Å². The van der Waals surface area contributed by atoms with Crippen molar-refractivity contribution in [2.45, 2.75) is 41.3 Å². The first kappa shape index (κ1) is 79.7. The van der Waals surface area contributed by atoms with Crippen molar-refractivity contribution in [3.63, 3.8) is 0 Å². The van der Waals surface area contributed by atoms with Crippen LogP contribution in [0.4, 0.5) is 11.6 Å². The molecule has 0 fully saturated rings. The lowest BCUT2D eigenvalue weighted by Crippen LogP contribution is -2.32. The second kappa shape index (κ2) is 32.2. The Hall–Kier alpha value is -13.7. The van der Waals surface area contributed by atoms with Crippen LogP contribution in [0.2, 0.25) is 35.2 Å². The first-order valence-corrected chi connectivity index (χ1v) is 39.3. The number of ether oxygens (including phenoxy) is 14. The van der Waals surface area contributed by atoms with Gasteiger partial charge in [0, 0.05) is 83.7 Å². The molecule has 10 aromatic rings. The molecule has 0 spiro atoms. The maximum atomic E-state index is 8.93. The number of hydrogen-bond acceptors (Lipinski definition) is 28. The van der Waals surface area contributed by atoms with Gasteiger partial charge in [-0.05, 0) is 58.9 Å². The van der Waals surface area contributed by atoms with Gasteiger partial charge in [0.1, 0.15) is 185 Å². The van der Waals surface area contributed by atoms with E-state index in [0.29, 0.717) is 224 Å². The van der Waals surface area contributed by atoms with Crippen molar-refractivity contribution in [1.82, 2.24) is 9.13 Å². The summed E-state index contributed by atoms with van der Waals surface area (Å²) in [6, 6.07) is 25.9. The summed E-state index contributed by atoms with van der Waals surface area (Å²) in [5, 5.41) is 74.2. The highest BCUT2D eigenvalue weighted by atomic mass is 35.5. The molecule has 11 aliphatic heterocycles. The summed E-state index contributed by atoms with van der Waals surface area (Å²) in [6.45, 7) is 16.0. The SMILES string of the molecule is Cc1c(C#N)c(C#N)cc2c1OCCO2.Cc1c2c(cc3c1C1=NC3=Nc3c4c(C)c5c(cc4c4n3Cn3c(c6cc7c(c(C)c6c3=NC3=NC(=N4)c4c3cc3c(c4C)OCCO3)OCCO7)=N1)OCCO5)OCCO2.N#Cc1c(Cl)c(Cl)c(Cl)c(Cl)c1C#N.N#Cc1c(Cl)c2c(c(Cl)c1C#N)OCCO2.N#Cc1cc2c(c(Cl)c1C#N)OCCO2. The van der Waals surface area contributed by atoms with Crippen LogP contribution >= 0.6 is 81.2 Å². The third-order valence-corrected chi connectivity index (χ3v) is 23.5. The summed E-state index contributed by atoms with van der Waals surface area (Å²) in [4.78, 5) is 32.5. The standard InChI is InChI=1S/C45H34N8O8.C11H8N2O2.C10H4Cl2N2O2.C10H5ClN2O2.C8Cl4N2/c1-18-30-22(13-26-34(18)58-9-5-54-26)38-46-40(30)50-42-24-15-28-36(60-11-7-56-28)20(3)32(24)45-49-39-23-14-27-35(59-10-6-55-27)19(2)31(23)41(47-39)51-43-25-16-29-37(61-12-8-57-29)21(4)33(25)44(48-38)53(43)17-52(42)45;1-7-9(6-13)8(5-12)4-10-11(7)15-3-2-14-10;11-7-5(3-13)6(4-14)8(12)10-9(7)15-1-2-16-10;11-9-7(5-13)6(4-12)3-8-10(9)15-2-1-14-8;9-5-3(1-13)4(2-14)6(10)8(12)7(5)11/h13-16H,5-12,17H2,1-4H3;4H,2-3H2,1H3;1-2H2;3H,1-2H2;. The van der Waals surface area contributed by atoms with Crippen molar-refractivity contribution in [2.24, 2.45) is 30.0 Å². The van der Waals surface area contributed by atoms with E-state index < -0.39 is 0 Å². The van der Waals surface area contributed by atoms with Crippen molar-refractivity contribution >= 4 is 138 Å². The predicted octanol–water partition coefficient (Wildman–Crippen LogP) is 15.3. The van der Waals surface area contributed by atoms with Gasteiger partial charge in [-0.1, -0.05) is 81.2 Å². The van der Waals surface area contributed by atoms with Gasteiger partial charge >= 0.3 is 0 Å². The average molecular weight is 1760 g/mol. The molecular weight excluding hydrogens is 1710 g/mol. The molecule has 0 radical (unpaired) electrons. The molecule has 30 nitrogen and oxygen atoms in total. The zero-order chi connectivity index (χ0) is 84.7. The topological polar surface area (TPSA) is 404 Å². The van der Waals surface area contributed by atoms with Crippen molar-refractivity contribution in [3.05, 3.63) is 177 Å². The molecule has 21 rings (SSSR count). The molecule has 2 aromatic heterocycles. The Kier molecular flexibility index (Phi) is 21.2. The maximum absolute atomic E-state index is 8.93. The number of rotatable bonds is 0. The van der Waals surface area contributed by atoms with Crippen LogP contribution in [-0.4, -0.2) is 125 Å². The quantitative estimate of drug-likeness (QED) is 0.100. The Labute approximate surface area is 720 Å². The second-order valence-corrected chi connectivity index (χ2v) is 29.9. The zero-order valence-electron chi connectivity index (χ0n) is 63.6. The van der Waals surface area contributed by atoms with Crippen LogP contribution in [0, 0.1) is 125 Å². The number of amidine groups is 4. The Morgan fingerprint density at radius 3 is 1.07 bits per heavy atom. The third kappa shape index (κ3) is 13.3. The maximum Gasteiger partial charge on any atom is 0.182 e. The van der Waals surface area contributed by atoms with Crippen LogP contribution in [0.15, 0.2) is 66.4 Å². The van der Waals surface area contributed by atoms with Crippen LogP contribution in [0.5, 0.6) is 80.5 Å². The van der Waals surface area contributed by atoms with Crippen LogP contribution < -0.4 is 77.3 Å². The molecule has 0 aliphatic carbocycles. The van der Waals surface area contributed by atoms with Crippen molar-refractivity contribution in [3.8, 4) is 129 Å². The van der Waals surface area contributed by atoms with Crippen molar-refractivity contribution in [2.75, 3.05) is 92.5 Å². The zero-order valence-corrected chi connectivity index (χ0v) is 68.9. The lowest BCUT2D eigenvalue weighted by atomic mass is 10.00. The van der Waals surface area contributed by atoms with Crippen molar-refractivity contribution < 1.29 is 66.3 Å². The lowest BCUT2D eigenvalue weighted by Gasteiger charge is -2.22. The number of nitriles is 8. The van der Waals surface area contributed by atoms with Crippen molar-refractivity contribution in [1.29, 1.82) is 42.1 Å². The van der Waals surface area contributed by atoms with E-state index >= 15 is 0 Å². The fourth-order valence-electron chi connectivity index (χ4n) is 15.2. The van der Waals surface area contributed by atoms with E-state index in [2.05, 4.69) is 9.13 Å². The largest absolute Gasteiger partial charge is 0.486 e. The fraction of sp³-hybridized carbons (Fsp3) is 0.238. The number of aliphatic imine (C=N–C) groups is 4. The highest BCUT2D eigenvalue weighted by Gasteiger charge is 2.38. The van der Waals surface area contributed by atoms with E-state index in [4.69, 9.17) is 220 Å². The Morgan fingerprint density at radius 1 is 0.273 bits per heavy atom. The fourth-order valence-corrected chi connectivity index (χ4v) is 17.0. The summed E-state index contributed by atoms with van der Waals surface area (Å²) < 4.78 is 86.0. The average Bonchev–Trinajstić information content (AvgIpc) is 1.54.